The average Bonchev–Trinajstić information content (AvgIpc) is 3.20. The molecule has 1 aliphatic rings. The lowest BCUT2D eigenvalue weighted by molar-refractivity contribution is -0.127. The van der Waals surface area contributed by atoms with Gasteiger partial charge in [-0.15, -0.1) is 0 Å². The Balaban J connectivity index is 1.43. The van der Waals surface area contributed by atoms with Crippen molar-refractivity contribution >= 4 is 11.8 Å². The molecule has 3 atom stereocenters. The zero-order valence-electron chi connectivity index (χ0n) is 15.9. The first-order valence-electron chi connectivity index (χ1n) is 9.61. The van der Waals surface area contributed by atoms with E-state index in [1.54, 1.807) is 12.5 Å². The number of carbonyl (C=O) groups is 2. The third-order valence-corrected chi connectivity index (χ3v) is 5.13. The van der Waals surface area contributed by atoms with E-state index >= 15 is 0 Å². The van der Waals surface area contributed by atoms with Crippen molar-refractivity contribution in [1.29, 1.82) is 0 Å². The number of hydrogen-bond donors (Lipinski definition) is 3. The lowest BCUT2D eigenvalue weighted by Crippen LogP contribution is -2.49. The third-order valence-electron chi connectivity index (χ3n) is 5.13. The predicted molar refractivity (Wildman–Crippen MR) is 101 cm³/mol. The molecule has 156 valence electrons. The van der Waals surface area contributed by atoms with Gasteiger partial charge in [-0.3, -0.25) is 9.59 Å². The summed E-state index contributed by atoms with van der Waals surface area (Å²) in [4.78, 5) is 28.5. The Hall–Kier alpha value is -2.81. The summed E-state index contributed by atoms with van der Waals surface area (Å²) in [7, 11) is 0. The number of rotatable bonds is 7. The number of hydrogen-bond acceptors (Lipinski definition) is 4. The Labute approximate surface area is 167 Å². The Morgan fingerprint density at radius 1 is 1.28 bits per heavy atom. The molecule has 1 aliphatic carbocycles. The van der Waals surface area contributed by atoms with E-state index in [0.717, 1.165) is 25.1 Å². The molecule has 1 aromatic carbocycles. The molecular weight excluding hydrogens is 382 g/mol. The van der Waals surface area contributed by atoms with Crippen LogP contribution in [-0.4, -0.2) is 45.2 Å². The first kappa shape index (κ1) is 20.9. The molecular formula is C20H24F2N4O3. The number of nitrogens with zero attached hydrogens (tertiary/aromatic N) is 2. The SMILES string of the molecule is O=C(NC1CCC(C(=O)NCCCn2ccnc2)CC1O)c1ccc(F)cc1F. The van der Waals surface area contributed by atoms with Crippen LogP contribution in [-0.2, 0) is 11.3 Å². The van der Waals surface area contributed by atoms with Crippen molar-refractivity contribution in [3.05, 3.63) is 54.1 Å². The van der Waals surface area contributed by atoms with Crippen LogP contribution in [0.25, 0.3) is 0 Å². The van der Waals surface area contributed by atoms with Crippen LogP contribution in [0, 0.1) is 17.6 Å². The van der Waals surface area contributed by atoms with Crippen molar-refractivity contribution < 1.29 is 23.5 Å². The highest BCUT2D eigenvalue weighted by Crippen LogP contribution is 2.25. The van der Waals surface area contributed by atoms with Gasteiger partial charge in [-0.2, -0.15) is 0 Å². The maximum Gasteiger partial charge on any atom is 0.254 e. The lowest BCUT2D eigenvalue weighted by atomic mass is 9.83. The van der Waals surface area contributed by atoms with E-state index in [9.17, 15) is 23.5 Å². The molecule has 9 heteroatoms. The average molecular weight is 406 g/mol. The number of imidazole rings is 1. The van der Waals surface area contributed by atoms with Crippen LogP contribution in [0.1, 0.15) is 36.0 Å². The molecule has 3 rings (SSSR count). The predicted octanol–water partition coefficient (Wildman–Crippen LogP) is 1.63. The van der Waals surface area contributed by atoms with E-state index < -0.39 is 29.7 Å². The maximum atomic E-state index is 13.7. The van der Waals surface area contributed by atoms with E-state index in [0.29, 0.717) is 25.5 Å². The second kappa shape index (κ2) is 9.60. The quantitative estimate of drug-likeness (QED) is 0.609. The summed E-state index contributed by atoms with van der Waals surface area (Å²) in [6, 6.07) is 2.12. The summed E-state index contributed by atoms with van der Waals surface area (Å²) in [5.74, 6) is -2.90. The van der Waals surface area contributed by atoms with E-state index in [-0.39, 0.29) is 23.8 Å². The zero-order valence-corrected chi connectivity index (χ0v) is 15.9. The number of aliphatic hydroxyl groups excluding tert-OH is 1. The molecule has 0 aliphatic heterocycles. The Kier molecular flexibility index (Phi) is 6.92. The van der Waals surface area contributed by atoms with E-state index in [1.807, 2.05) is 10.8 Å². The van der Waals surface area contributed by atoms with Gasteiger partial charge >= 0.3 is 0 Å². The minimum absolute atomic E-state index is 0.121. The summed E-state index contributed by atoms with van der Waals surface area (Å²) in [6.45, 7) is 1.27. The molecule has 3 unspecified atom stereocenters. The summed E-state index contributed by atoms with van der Waals surface area (Å²) < 4.78 is 28.6. The van der Waals surface area contributed by atoms with Crippen molar-refractivity contribution in [1.82, 2.24) is 20.2 Å². The van der Waals surface area contributed by atoms with Crippen LogP contribution in [0.3, 0.4) is 0 Å². The highest BCUT2D eigenvalue weighted by atomic mass is 19.1. The van der Waals surface area contributed by atoms with Crippen LogP contribution in [0.5, 0.6) is 0 Å². The van der Waals surface area contributed by atoms with E-state index in [1.165, 1.54) is 0 Å². The van der Waals surface area contributed by atoms with Gasteiger partial charge in [0.05, 0.1) is 24.0 Å². The molecule has 3 N–H and O–H groups in total. The zero-order chi connectivity index (χ0) is 20.8. The lowest BCUT2D eigenvalue weighted by Gasteiger charge is -2.33. The van der Waals surface area contributed by atoms with Crippen LogP contribution >= 0.6 is 0 Å². The first-order chi connectivity index (χ1) is 13.9. The molecule has 1 aromatic heterocycles. The highest BCUT2D eigenvalue weighted by Gasteiger charge is 2.34. The fourth-order valence-corrected chi connectivity index (χ4v) is 3.51. The Morgan fingerprint density at radius 2 is 2.10 bits per heavy atom. The standard InChI is InChI=1S/C20H24F2N4O3/c21-14-3-4-15(16(22)11-14)20(29)25-17-5-2-13(10-18(17)27)19(28)24-6-1-8-26-9-7-23-12-26/h3-4,7,9,11-13,17-18,27H,1-2,5-6,8,10H2,(H,24,28)(H,25,29). The van der Waals surface area contributed by atoms with E-state index in [4.69, 9.17) is 0 Å². The molecule has 0 spiro atoms. The smallest absolute Gasteiger partial charge is 0.254 e. The van der Waals surface area contributed by atoms with Crippen LogP contribution < -0.4 is 10.6 Å². The topological polar surface area (TPSA) is 96.3 Å². The summed E-state index contributed by atoms with van der Waals surface area (Å²) >= 11 is 0. The Morgan fingerprint density at radius 3 is 2.79 bits per heavy atom. The number of aliphatic hydroxyl groups is 1. The number of aryl methyl sites for hydroxylation is 1. The number of nitrogens with one attached hydrogen (secondary N) is 2. The van der Waals surface area contributed by atoms with Gasteiger partial charge < -0.3 is 20.3 Å². The van der Waals surface area contributed by atoms with Crippen molar-refractivity contribution in [2.45, 2.75) is 44.4 Å². The molecule has 29 heavy (non-hydrogen) atoms. The molecule has 1 heterocycles. The number of amides is 2. The third kappa shape index (κ3) is 5.60. The minimum Gasteiger partial charge on any atom is -0.391 e. The molecule has 0 bridgehead atoms. The fraction of sp³-hybridized carbons (Fsp3) is 0.450. The second-order valence-electron chi connectivity index (χ2n) is 7.23. The molecule has 0 radical (unpaired) electrons. The van der Waals surface area contributed by atoms with Crippen LogP contribution in [0.2, 0.25) is 0 Å². The maximum absolute atomic E-state index is 13.7. The van der Waals surface area contributed by atoms with Gasteiger partial charge in [0.25, 0.3) is 5.91 Å². The van der Waals surface area contributed by atoms with Crippen molar-refractivity contribution in [2.75, 3.05) is 6.54 Å². The molecule has 1 saturated carbocycles. The monoisotopic (exact) mass is 406 g/mol. The van der Waals surface area contributed by atoms with Gasteiger partial charge in [0.1, 0.15) is 11.6 Å². The first-order valence-corrected chi connectivity index (χ1v) is 9.61. The van der Waals surface area contributed by atoms with Gasteiger partial charge in [0.2, 0.25) is 5.91 Å². The van der Waals surface area contributed by atoms with E-state index in [2.05, 4.69) is 15.6 Å². The number of halogens is 2. The highest BCUT2D eigenvalue weighted by molar-refractivity contribution is 5.94. The Bertz CT molecular complexity index is 844. The van der Waals surface area contributed by atoms with Crippen molar-refractivity contribution in [3.8, 4) is 0 Å². The molecule has 0 saturated heterocycles. The normalized spacial score (nSPS) is 21.6. The molecule has 1 fully saturated rings. The number of benzene rings is 1. The minimum atomic E-state index is -0.958. The van der Waals surface area contributed by atoms with Crippen molar-refractivity contribution in [3.63, 3.8) is 0 Å². The summed E-state index contributed by atoms with van der Waals surface area (Å²) in [5, 5.41) is 15.8. The molecule has 2 amide bonds. The van der Waals surface area contributed by atoms with Crippen LogP contribution in [0.4, 0.5) is 8.78 Å². The number of carbonyl (C=O) groups excluding carboxylic acids is 2. The van der Waals surface area contributed by atoms with Gasteiger partial charge in [0.15, 0.2) is 0 Å². The fourth-order valence-electron chi connectivity index (χ4n) is 3.51. The molecule has 2 aromatic rings. The largest absolute Gasteiger partial charge is 0.391 e. The molecule has 7 nitrogen and oxygen atoms in total. The van der Waals surface area contributed by atoms with Gasteiger partial charge in [-0.25, -0.2) is 13.8 Å². The van der Waals surface area contributed by atoms with Crippen LogP contribution in [0.15, 0.2) is 36.9 Å². The van der Waals surface area contributed by atoms with Gasteiger partial charge in [-0.1, -0.05) is 0 Å². The van der Waals surface area contributed by atoms with Gasteiger partial charge in [0, 0.05) is 37.5 Å². The summed E-state index contributed by atoms with van der Waals surface area (Å²) in [5.41, 5.74) is -0.281. The summed E-state index contributed by atoms with van der Waals surface area (Å²) in [6.07, 6.45) is 6.21. The van der Waals surface area contributed by atoms with Gasteiger partial charge in [-0.05, 0) is 37.8 Å². The second-order valence-corrected chi connectivity index (χ2v) is 7.23. The number of aromatic nitrogens is 2. The van der Waals surface area contributed by atoms with Crippen molar-refractivity contribution in [2.24, 2.45) is 5.92 Å².